The van der Waals surface area contributed by atoms with E-state index in [-0.39, 0.29) is 59.9 Å². The van der Waals surface area contributed by atoms with Gasteiger partial charge in [0.05, 0.1) is 34.6 Å². The number of fused-ring (bicyclic) bond motifs is 4. The molecule has 0 aliphatic heterocycles. The summed E-state index contributed by atoms with van der Waals surface area (Å²) < 4.78 is 68.6. The molecular weight excluding hydrogens is 992 g/mol. The van der Waals surface area contributed by atoms with Gasteiger partial charge in [0.2, 0.25) is 0 Å². The van der Waals surface area contributed by atoms with Crippen molar-refractivity contribution < 1.29 is 46.2 Å². The van der Waals surface area contributed by atoms with Crippen molar-refractivity contribution in [1.82, 2.24) is 65.4 Å². The van der Waals surface area contributed by atoms with Gasteiger partial charge >= 0.3 is 19.3 Å². The summed E-state index contributed by atoms with van der Waals surface area (Å²) in [6.45, 7) is -0.434. The Morgan fingerprint density at radius 2 is 1.07 bits per heavy atom. The third-order valence-electron chi connectivity index (χ3n) is 12.7. The lowest BCUT2D eigenvalue weighted by Gasteiger charge is -2.30. The zero-order valence-corrected chi connectivity index (χ0v) is 41.7. The smallest absolute Gasteiger partial charge is 0.407 e. The van der Waals surface area contributed by atoms with Crippen LogP contribution in [0, 0.1) is 0 Å². The van der Waals surface area contributed by atoms with Crippen LogP contribution in [0.4, 0.5) is 22.4 Å². The number of aryl methyl sites for hydroxylation is 2. The average molecular weight is 1050 g/mol. The molecule has 74 heavy (non-hydrogen) atoms. The third-order valence-corrected chi connectivity index (χ3v) is 12.7. The number of amides is 3. The van der Waals surface area contributed by atoms with Crippen molar-refractivity contribution >= 4 is 74.4 Å². The van der Waals surface area contributed by atoms with Crippen molar-refractivity contribution in [3.05, 3.63) is 72.3 Å². The van der Waals surface area contributed by atoms with Crippen LogP contribution in [0.25, 0.3) is 66.9 Å². The number of aromatic amines is 2. The molecule has 0 spiro atoms. The highest BCUT2D eigenvalue weighted by atomic mass is 35.5. The summed E-state index contributed by atoms with van der Waals surface area (Å²) >= 11 is 0. The Morgan fingerprint density at radius 3 is 1.47 bits per heavy atom. The molecule has 2 aromatic carbocycles. The molecular formula is C49H55ClF4N14O6. The van der Waals surface area contributed by atoms with E-state index in [0.29, 0.717) is 98.2 Å². The summed E-state index contributed by atoms with van der Waals surface area (Å²) in [6, 6.07) is 9.38. The molecule has 7 N–H and O–H groups in total. The molecule has 10 rings (SSSR count). The normalized spacial score (nSPS) is 18.0. The summed E-state index contributed by atoms with van der Waals surface area (Å²) in [6.07, 6.45) is 12.0. The molecule has 6 heterocycles. The Kier molecular flexibility index (Phi) is 15.6. The molecule has 2 aliphatic rings. The zero-order valence-electron chi connectivity index (χ0n) is 40.9. The van der Waals surface area contributed by atoms with E-state index in [9.17, 15) is 31.9 Å². The molecule has 25 heteroatoms. The number of nitrogens with zero attached hydrogens (tertiary/aromatic N) is 8. The Morgan fingerprint density at radius 1 is 0.662 bits per heavy atom. The number of aromatic nitrogens is 10. The van der Waals surface area contributed by atoms with Gasteiger partial charge in [-0.15, -0.1) is 12.4 Å². The van der Waals surface area contributed by atoms with Gasteiger partial charge in [0.25, 0.3) is 11.8 Å². The summed E-state index contributed by atoms with van der Waals surface area (Å²) in [7, 11) is 3.48. The van der Waals surface area contributed by atoms with Gasteiger partial charge in [-0.05, 0) is 109 Å². The van der Waals surface area contributed by atoms with E-state index in [2.05, 4.69) is 65.5 Å². The summed E-state index contributed by atoms with van der Waals surface area (Å²) in [4.78, 5) is 62.3. The van der Waals surface area contributed by atoms with Crippen LogP contribution in [0.3, 0.4) is 0 Å². The minimum Gasteiger partial charge on any atom is -0.444 e. The molecule has 0 radical (unpaired) electrons. The number of alkyl halides is 4. The lowest BCUT2D eigenvalue weighted by Crippen LogP contribution is -2.45. The van der Waals surface area contributed by atoms with Crippen LogP contribution in [-0.4, -0.2) is 110 Å². The number of benzene rings is 2. The van der Waals surface area contributed by atoms with Crippen molar-refractivity contribution in [3.63, 3.8) is 0 Å². The van der Waals surface area contributed by atoms with E-state index in [1.165, 1.54) is 36.7 Å². The third kappa shape index (κ3) is 11.9. The summed E-state index contributed by atoms with van der Waals surface area (Å²) in [5.74, 6) is -0.496. The molecule has 2 fully saturated rings. The number of nitrogens with two attached hydrogens (primary N) is 1. The molecule has 0 bridgehead atoms. The summed E-state index contributed by atoms with van der Waals surface area (Å²) in [5, 5.41) is 19.2. The molecule has 2 aliphatic carbocycles. The number of H-pyrrole nitrogens is 2. The first-order valence-corrected chi connectivity index (χ1v) is 23.7. The van der Waals surface area contributed by atoms with Gasteiger partial charge in [0.1, 0.15) is 50.9 Å². The second kappa shape index (κ2) is 21.9. The van der Waals surface area contributed by atoms with E-state index >= 15 is 0 Å². The maximum Gasteiger partial charge on any atom is 0.407 e. The standard InChI is InChI=1S/C27H31F2N7O4.C22H23F2N7O2.ClH/c1-27(2,3)40-26(38)33-15-7-5-14(6-8-15)32-24(37)18-12-30-23-22(18)34-19(13-31-23)21-17-11-16(39-25(28)29)9-10-20(17)36(4)35-21;1-31-17-7-6-13(33-22(23)24)8-14(17)18(30-31)16-10-27-20-19(29-16)15(9-26-20)21(32)28-12-4-2-11(25)3-5-12;/h9-15,25H,5-8H2,1-4H3,(H,30,31)(H,32,37)(H,33,38);6-12,22H,2-5,25H2,1H3,(H,26,27)(H,28,32);1H. The number of rotatable bonds is 11. The monoisotopic (exact) mass is 1050 g/mol. The number of carbonyl (C=O) groups excluding carboxylic acids is 3. The maximum atomic E-state index is 13.2. The quantitative estimate of drug-likeness (QED) is 0.0668. The largest absolute Gasteiger partial charge is 0.444 e. The van der Waals surface area contributed by atoms with Gasteiger partial charge in [0.15, 0.2) is 11.3 Å². The fourth-order valence-electron chi connectivity index (χ4n) is 9.22. The van der Waals surface area contributed by atoms with Gasteiger partial charge < -0.3 is 45.9 Å². The highest BCUT2D eigenvalue weighted by molar-refractivity contribution is 6.06. The number of hydrogen-bond acceptors (Lipinski definition) is 13. The Balaban J connectivity index is 0.000000198. The second-order valence-electron chi connectivity index (χ2n) is 19.1. The number of halogens is 5. The van der Waals surface area contributed by atoms with Crippen molar-refractivity contribution in [3.8, 4) is 34.3 Å². The molecule has 2 saturated carbocycles. The zero-order chi connectivity index (χ0) is 51.7. The predicted molar refractivity (Wildman–Crippen MR) is 268 cm³/mol. The minimum absolute atomic E-state index is 0. The van der Waals surface area contributed by atoms with Gasteiger partial charge in [-0.2, -0.15) is 27.8 Å². The van der Waals surface area contributed by atoms with Crippen LogP contribution in [0.2, 0.25) is 0 Å². The van der Waals surface area contributed by atoms with Crippen molar-refractivity contribution in [2.45, 2.75) is 115 Å². The van der Waals surface area contributed by atoms with Gasteiger partial charge in [-0.3, -0.25) is 19.0 Å². The first-order chi connectivity index (χ1) is 34.8. The molecule has 392 valence electrons. The number of hydrogen-bond donors (Lipinski definition) is 6. The lowest BCUT2D eigenvalue weighted by atomic mass is 9.91. The van der Waals surface area contributed by atoms with Crippen LogP contribution in [-0.2, 0) is 18.8 Å². The number of alkyl carbamates (subject to hydrolysis) is 1. The topological polar surface area (TPSA) is 260 Å². The van der Waals surface area contributed by atoms with E-state index in [1.54, 1.807) is 48.0 Å². The van der Waals surface area contributed by atoms with Crippen molar-refractivity contribution in [1.29, 1.82) is 0 Å². The molecule has 0 unspecified atom stereocenters. The average Bonchev–Trinajstić information content (AvgIpc) is 4.12. The molecule has 0 saturated heterocycles. The van der Waals surface area contributed by atoms with E-state index in [4.69, 9.17) is 10.5 Å². The van der Waals surface area contributed by atoms with Gasteiger partial charge in [-0.25, -0.2) is 24.7 Å². The minimum atomic E-state index is -2.95. The van der Waals surface area contributed by atoms with Crippen LogP contribution in [0.5, 0.6) is 11.5 Å². The molecule has 3 amide bonds. The van der Waals surface area contributed by atoms with Gasteiger partial charge in [-0.1, -0.05) is 0 Å². The van der Waals surface area contributed by atoms with E-state index in [1.807, 2.05) is 20.8 Å². The molecule has 6 aromatic heterocycles. The summed E-state index contributed by atoms with van der Waals surface area (Å²) in [5.41, 5.74) is 10.9. The van der Waals surface area contributed by atoms with Crippen LogP contribution in [0.15, 0.2) is 61.2 Å². The number of nitrogens with one attached hydrogen (secondary N) is 5. The Bertz CT molecular complexity index is 3320. The maximum absolute atomic E-state index is 13.2. The number of carbonyl (C=O) groups is 3. The van der Waals surface area contributed by atoms with Gasteiger partial charge in [0, 0.05) is 61.4 Å². The van der Waals surface area contributed by atoms with Crippen LogP contribution >= 0.6 is 12.4 Å². The molecule has 0 atom stereocenters. The van der Waals surface area contributed by atoms with E-state index in [0.717, 1.165) is 31.2 Å². The fourth-order valence-corrected chi connectivity index (χ4v) is 9.22. The van der Waals surface area contributed by atoms with Crippen LogP contribution in [0.1, 0.15) is 92.9 Å². The molecule has 8 aromatic rings. The first-order valence-electron chi connectivity index (χ1n) is 23.7. The SMILES string of the molecule is Cl.Cn1nc(-c2cnc3[nH]cc(C(=O)NC4CCC(N)CC4)c3n2)c2cc(OC(F)F)ccc21.Cn1nc(-c2cnc3[nH]cc(C(=O)NC4CCC(NC(=O)OC(C)(C)C)CC4)c3n2)c2cc(OC(F)F)ccc21. The molecule has 20 nitrogen and oxygen atoms in total. The van der Waals surface area contributed by atoms with Crippen molar-refractivity contribution in [2.75, 3.05) is 0 Å². The number of ether oxygens (including phenoxy) is 3. The highest BCUT2D eigenvalue weighted by Crippen LogP contribution is 2.33. The second-order valence-corrected chi connectivity index (χ2v) is 19.1. The first kappa shape index (κ1) is 52.7. The lowest BCUT2D eigenvalue weighted by molar-refractivity contribution is -0.0504. The van der Waals surface area contributed by atoms with Crippen LogP contribution < -0.4 is 31.2 Å². The van der Waals surface area contributed by atoms with Crippen molar-refractivity contribution in [2.24, 2.45) is 19.8 Å². The van der Waals surface area contributed by atoms with E-state index < -0.39 is 24.9 Å². The Hall–Kier alpha value is -7.60. The predicted octanol–water partition coefficient (Wildman–Crippen LogP) is 8.21. The highest BCUT2D eigenvalue weighted by Gasteiger charge is 2.28. The fraction of sp³-hybridized carbons (Fsp3) is 0.408. The Labute approximate surface area is 426 Å².